The molecule has 0 amide bonds. The third-order valence-corrected chi connectivity index (χ3v) is 7.06. The minimum atomic E-state index is 0.0390. The molecule has 118 valence electrons. The number of anilines is 1. The van der Waals surface area contributed by atoms with Gasteiger partial charge in [0.1, 0.15) is 18.9 Å². The zero-order chi connectivity index (χ0) is 15.8. The zero-order valence-corrected chi connectivity index (χ0v) is 13.8. The number of benzene rings is 1. The monoisotopic (exact) mass is 307 g/mol. The van der Waals surface area contributed by atoms with Crippen molar-refractivity contribution < 1.29 is 9.28 Å². The summed E-state index contributed by atoms with van der Waals surface area (Å²) in [5.74, 6) is 0.316. The maximum absolute atomic E-state index is 12.0. The molecule has 23 heavy (non-hydrogen) atoms. The molecule has 1 spiro atoms. The van der Waals surface area contributed by atoms with E-state index in [0.29, 0.717) is 12.0 Å². The van der Waals surface area contributed by atoms with E-state index in [4.69, 9.17) is 0 Å². The molecular weight excluding hydrogens is 284 g/mol. The summed E-state index contributed by atoms with van der Waals surface area (Å²) in [6.45, 7) is 4.42. The van der Waals surface area contributed by atoms with Crippen molar-refractivity contribution in [1.29, 1.82) is 0 Å². The van der Waals surface area contributed by atoms with E-state index in [1.807, 2.05) is 0 Å². The Labute approximate surface area is 137 Å². The first kappa shape index (κ1) is 13.6. The van der Waals surface area contributed by atoms with Crippen LogP contribution in [0.4, 0.5) is 5.69 Å². The van der Waals surface area contributed by atoms with Crippen LogP contribution in [0.15, 0.2) is 47.2 Å². The van der Waals surface area contributed by atoms with Crippen molar-refractivity contribution in [2.24, 2.45) is 5.92 Å². The Hall–Kier alpha value is -1.87. The largest absolute Gasteiger partial charge is 0.357 e. The van der Waals surface area contributed by atoms with Gasteiger partial charge in [-0.25, -0.2) is 0 Å². The third kappa shape index (κ3) is 1.38. The molecule has 1 aromatic rings. The number of quaternary nitrogens is 1. The van der Waals surface area contributed by atoms with Crippen LogP contribution in [-0.2, 0) is 10.2 Å². The van der Waals surface area contributed by atoms with Gasteiger partial charge < -0.3 is 9.80 Å². The van der Waals surface area contributed by atoms with Gasteiger partial charge >= 0.3 is 0 Å². The fraction of sp³-hybridized carbons (Fsp3) is 0.450. The van der Waals surface area contributed by atoms with Crippen molar-refractivity contribution in [2.45, 2.75) is 31.2 Å². The van der Waals surface area contributed by atoms with Crippen LogP contribution in [0.25, 0.3) is 0 Å². The normalized spacial score (nSPS) is 41.6. The molecule has 2 fully saturated rings. The van der Waals surface area contributed by atoms with Crippen molar-refractivity contribution in [3.63, 3.8) is 0 Å². The summed E-state index contributed by atoms with van der Waals surface area (Å²) in [6.07, 6.45) is 5.65. The number of nitrogens with one attached hydrogen (secondary N) is 1. The van der Waals surface area contributed by atoms with Crippen molar-refractivity contribution in [3.8, 4) is 0 Å². The van der Waals surface area contributed by atoms with Gasteiger partial charge in [-0.05, 0) is 24.1 Å². The minimum Gasteiger partial charge on any atom is -0.357 e. The smallest absolute Gasteiger partial charge is 0.148 e. The fourth-order valence-corrected chi connectivity index (χ4v) is 6.07. The molecule has 2 bridgehead atoms. The summed E-state index contributed by atoms with van der Waals surface area (Å²) in [7, 11) is 2.42. The van der Waals surface area contributed by atoms with E-state index in [1.165, 1.54) is 29.1 Å². The quantitative estimate of drug-likeness (QED) is 0.491. The molecule has 1 aliphatic carbocycles. The number of aldehydes is 1. The summed E-state index contributed by atoms with van der Waals surface area (Å²) in [6, 6.07) is 9.27. The highest BCUT2D eigenvalue weighted by molar-refractivity contribution is 5.84. The number of allylic oxidation sites excluding steroid dienone is 2. The molecule has 1 N–H and O–H groups in total. The lowest BCUT2D eigenvalue weighted by atomic mass is 9.61. The average molecular weight is 307 g/mol. The van der Waals surface area contributed by atoms with E-state index in [-0.39, 0.29) is 5.41 Å². The highest BCUT2D eigenvalue weighted by atomic mass is 16.1. The zero-order valence-electron chi connectivity index (χ0n) is 13.8. The van der Waals surface area contributed by atoms with E-state index in [9.17, 15) is 4.79 Å². The summed E-state index contributed by atoms with van der Waals surface area (Å²) >= 11 is 0. The molecule has 5 rings (SSSR count). The molecule has 3 heteroatoms. The molecule has 0 radical (unpaired) electrons. The molecule has 1 aromatic carbocycles. The molecule has 3 heterocycles. The van der Waals surface area contributed by atoms with E-state index in [2.05, 4.69) is 49.6 Å². The van der Waals surface area contributed by atoms with Crippen molar-refractivity contribution in [1.82, 2.24) is 0 Å². The van der Waals surface area contributed by atoms with Crippen molar-refractivity contribution in [3.05, 3.63) is 52.7 Å². The molecule has 0 aromatic heterocycles. The number of carbonyl (C=O) groups excluding carboxylic acids is 1. The van der Waals surface area contributed by atoms with Gasteiger partial charge in [-0.15, -0.1) is 0 Å². The molecular formula is C20H23N2O+. The minimum absolute atomic E-state index is 0.0390. The van der Waals surface area contributed by atoms with Crippen LogP contribution in [0.1, 0.15) is 25.3 Å². The molecule has 3 aliphatic heterocycles. The van der Waals surface area contributed by atoms with Crippen LogP contribution in [-0.4, -0.2) is 36.9 Å². The summed E-state index contributed by atoms with van der Waals surface area (Å²) < 4.78 is 1.13. The number of nitrogens with zero attached hydrogens (tertiary/aromatic N) is 1. The van der Waals surface area contributed by atoms with E-state index >= 15 is 0 Å². The number of piperidine rings is 1. The Morgan fingerprint density at radius 2 is 2.17 bits per heavy atom. The summed E-state index contributed by atoms with van der Waals surface area (Å²) in [4.78, 5) is 12.0. The van der Waals surface area contributed by atoms with Gasteiger partial charge in [0.25, 0.3) is 0 Å². The van der Waals surface area contributed by atoms with Gasteiger partial charge in [-0.1, -0.05) is 24.3 Å². The van der Waals surface area contributed by atoms with Crippen LogP contribution in [0.3, 0.4) is 0 Å². The van der Waals surface area contributed by atoms with Crippen LogP contribution in [0, 0.1) is 5.92 Å². The Morgan fingerprint density at radius 1 is 1.35 bits per heavy atom. The number of hydrogen-bond donors (Lipinski definition) is 1. The number of fused-ring (bicyclic) bond motifs is 2. The highest BCUT2D eigenvalue weighted by Gasteiger charge is 2.67. The maximum atomic E-state index is 12.0. The van der Waals surface area contributed by atoms with E-state index < -0.39 is 0 Å². The lowest BCUT2D eigenvalue weighted by Crippen LogP contribution is -2.61. The Kier molecular flexibility index (Phi) is 2.45. The topological polar surface area (TPSA) is 29.1 Å². The predicted octanol–water partition coefficient (Wildman–Crippen LogP) is 3.00. The Balaban J connectivity index is 1.85. The first-order valence-electron chi connectivity index (χ1n) is 8.70. The van der Waals surface area contributed by atoms with Crippen LogP contribution >= 0.6 is 0 Å². The number of rotatable bonds is 1. The molecule has 0 saturated carbocycles. The fourth-order valence-electron chi connectivity index (χ4n) is 6.07. The molecule has 4 aliphatic rings. The Bertz CT molecular complexity index is 793. The van der Waals surface area contributed by atoms with E-state index in [1.54, 1.807) is 0 Å². The Morgan fingerprint density at radius 3 is 2.96 bits per heavy atom. The third-order valence-electron chi connectivity index (χ3n) is 7.06. The summed E-state index contributed by atoms with van der Waals surface area (Å²) in [5.41, 5.74) is 6.35. The van der Waals surface area contributed by atoms with Crippen molar-refractivity contribution in [2.75, 3.05) is 25.5 Å². The van der Waals surface area contributed by atoms with E-state index in [0.717, 1.165) is 35.7 Å². The van der Waals surface area contributed by atoms with Gasteiger partial charge in [-0.3, -0.25) is 4.79 Å². The lowest BCUT2D eigenvalue weighted by Gasteiger charge is -2.51. The number of carbonyl (C=O) groups is 1. The standard InChI is InChI=1S/C20H22N2O/c1-3-13-11-22(2)9-8-20-16-6-4-5-7-17(16)21-19(20)15(12-23)14(13)10-18(20)22/h3-7,12,14,18H,8-11H2,1-2H3/p+1/t14-,18-,20?,22?/m0/s1. The van der Waals surface area contributed by atoms with Gasteiger partial charge in [0.05, 0.1) is 19.0 Å². The highest BCUT2D eigenvalue weighted by Crippen LogP contribution is 2.62. The van der Waals surface area contributed by atoms with Gasteiger partial charge in [-0.2, -0.15) is 0 Å². The SMILES string of the molecule is CC=C1C[N+]2(C)CCC34C(=C(C=O)[C@H]1C[C@@H]32)Nc1ccccc14. The van der Waals surface area contributed by atoms with Crippen LogP contribution in [0.5, 0.6) is 0 Å². The molecule has 2 saturated heterocycles. The molecule has 2 unspecified atom stereocenters. The second kappa shape index (κ2) is 4.15. The second-order valence-electron chi connectivity index (χ2n) is 7.87. The number of likely N-dealkylation sites (N-methyl/N-ethyl adjacent to an activating group) is 1. The first-order valence-corrected chi connectivity index (χ1v) is 8.70. The molecule has 4 atom stereocenters. The number of hydrogen-bond acceptors (Lipinski definition) is 2. The number of para-hydroxylation sites is 1. The lowest BCUT2D eigenvalue weighted by molar-refractivity contribution is -0.923. The maximum Gasteiger partial charge on any atom is 0.148 e. The second-order valence-corrected chi connectivity index (χ2v) is 7.87. The molecule has 3 nitrogen and oxygen atoms in total. The van der Waals surface area contributed by atoms with Crippen LogP contribution in [0.2, 0.25) is 0 Å². The average Bonchev–Trinajstić information content (AvgIpc) is 3.08. The van der Waals surface area contributed by atoms with Crippen molar-refractivity contribution >= 4 is 12.0 Å². The first-order chi connectivity index (χ1) is 11.1. The van der Waals surface area contributed by atoms with Gasteiger partial charge in [0.2, 0.25) is 0 Å². The van der Waals surface area contributed by atoms with Gasteiger partial charge in [0.15, 0.2) is 0 Å². The van der Waals surface area contributed by atoms with Crippen LogP contribution < -0.4 is 5.32 Å². The summed E-state index contributed by atoms with van der Waals surface area (Å²) in [5, 5.41) is 3.66. The van der Waals surface area contributed by atoms with Gasteiger partial charge in [0, 0.05) is 35.7 Å². The predicted molar refractivity (Wildman–Crippen MR) is 91.0 cm³/mol.